The number of benzene rings is 2. The zero-order valence-corrected chi connectivity index (χ0v) is 15.3. The van der Waals surface area contributed by atoms with Crippen molar-refractivity contribution in [1.29, 1.82) is 0 Å². The van der Waals surface area contributed by atoms with Gasteiger partial charge in [-0.25, -0.2) is 0 Å². The number of fused-ring (bicyclic) bond motifs is 1. The highest BCUT2D eigenvalue weighted by Crippen LogP contribution is 2.37. The lowest BCUT2D eigenvalue weighted by Gasteiger charge is -2.06. The van der Waals surface area contributed by atoms with Crippen molar-refractivity contribution in [3.63, 3.8) is 0 Å². The zero-order valence-electron chi connectivity index (χ0n) is 13.0. The number of hydrogen-bond acceptors (Lipinski definition) is 4. The van der Waals surface area contributed by atoms with Crippen LogP contribution < -0.4 is 5.32 Å². The molecule has 1 N–H and O–H groups in total. The average molecular weight is 395 g/mol. The number of nitrogens with zero attached hydrogens (tertiary/aromatic N) is 1. The standard InChI is InChI=1S/C17H12Cl2N2O3S/c1-2-9-3-5-11-14(7-9)25-16(15(11)19)17(22)20-13-8-10(21(23)24)4-6-12(13)18/h3-8H,2H2,1H3,(H,20,22). The Morgan fingerprint density at radius 1 is 1.24 bits per heavy atom. The van der Waals surface area contributed by atoms with Crippen LogP contribution in [0.25, 0.3) is 10.1 Å². The minimum atomic E-state index is -0.551. The molecule has 3 rings (SSSR count). The molecule has 3 aromatic rings. The lowest BCUT2D eigenvalue weighted by molar-refractivity contribution is -0.384. The maximum absolute atomic E-state index is 12.6. The van der Waals surface area contributed by atoms with E-state index in [0.29, 0.717) is 9.90 Å². The quantitative estimate of drug-likeness (QED) is 0.440. The van der Waals surface area contributed by atoms with Crippen LogP contribution in [0.4, 0.5) is 11.4 Å². The fraction of sp³-hybridized carbons (Fsp3) is 0.118. The first-order valence-corrected chi connectivity index (χ1v) is 8.94. The largest absolute Gasteiger partial charge is 0.320 e. The SMILES string of the molecule is CCc1ccc2c(Cl)c(C(=O)Nc3cc([N+](=O)[O-])ccc3Cl)sc2c1. The molecule has 0 radical (unpaired) electrons. The molecule has 0 saturated heterocycles. The van der Waals surface area contributed by atoms with Gasteiger partial charge in [0.05, 0.1) is 20.7 Å². The zero-order chi connectivity index (χ0) is 18.1. The van der Waals surface area contributed by atoms with Gasteiger partial charge in [-0.3, -0.25) is 14.9 Å². The molecule has 1 amide bonds. The normalized spacial score (nSPS) is 10.8. The van der Waals surface area contributed by atoms with E-state index in [1.54, 1.807) is 0 Å². The van der Waals surface area contributed by atoms with E-state index in [9.17, 15) is 14.9 Å². The summed E-state index contributed by atoms with van der Waals surface area (Å²) in [6.45, 7) is 2.05. The third kappa shape index (κ3) is 3.46. The number of nitro benzene ring substituents is 1. The number of nitrogens with one attached hydrogen (secondary N) is 1. The monoisotopic (exact) mass is 394 g/mol. The number of rotatable bonds is 4. The molecule has 128 valence electrons. The number of non-ortho nitro benzene ring substituents is 1. The van der Waals surface area contributed by atoms with Gasteiger partial charge in [0.15, 0.2) is 0 Å². The van der Waals surface area contributed by atoms with Crippen LogP contribution in [-0.4, -0.2) is 10.8 Å². The van der Waals surface area contributed by atoms with Crippen LogP contribution in [0.2, 0.25) is 10.0 Å². The van der Waals surface area contributed by atoms with E-state index < -0.39 is 10.8 Å². The van der Waals surface area contributed by atoms with Crippen LogP contribution in [0.3, 0.4) is 0 Å². The van der Waals surface area contributed by atoms with Gasteiger partial charge in [-0.1, -0.05) is 42.3 Å². The summed E-state index contributed by atoms with van der Waals surface area (Å²) in [4.78, 5) is 23.3. The van der Waals surface area contributed by atoms with Gasteiger partial charge in [-0.2, -0.15) is 0 Å². The molecular weight excluding hydrogens is 383 g/mol. The second kappa shape index (κ2) is 7.00. The van der Waals surface area contributed by atoms with Crippen molar-refractivity contribution in [1.82, 2.24) is 0 Å². The minimum Gasteiger partial charge on any atom is -0.320 e. The third-order valence-corrected chi connectivity index (χ3v) is 5.70. The highest BCUT2D eigenvalue weighted by Gasteiger charge is 2.19. The Balaban J connectivity index is 1.96. The number of carbonyl (C=O) groups excluding carboxylic acids is 1. The van der Waals surface area contributed by atoms with Crippen molar-refractivity contribution in [2.24, 2.45) is 0 Å². The van der Waals surface area contributed by atoms with Gasteiger partial charge < -0.3 is 5.32 Å². The lowest BCUT2D eigenvalue weighted by atomic mass is 10.1. The van der Waals surface area contributed by atoms with E-state index in [-0.39, 0.29) is 16.4 Å². The number of amides is 1. The predicted octanol–water partition coefficient (Wildman–Crippen LogP) is 5.93. The molecule has 1 aromatic heterocycles. The highest BCUT2D eigenvalue weighted by atomic mass is 35.5. The number of carbonyl (C=O) groups is 1. The first-order valence-electron chi connectivity index (χ1n) is 7.37. The molecule has 5 nitrogen and oxygen atoms in total. The molecule has 0 spiro atoms. The summed E-state index contributed by atoms with van der Waals surface area (Å²) in [5, 5.41) is 14.9. The maximum Gasteiger partial charge on any atom is 0.271 e. The first kappa shape index (κ1) is 17.7. The highest BCUT2D eigenvalue weighted by molar-refractivity contribution is 7.21. The van der Waals surface area contributed by atoms with E-state index in [0.717, 1.165) is 22.1 Å². The van der Waals surface area contributed by atoms with Gasteiger partial charge in [-0.05, 0) is 24.1 Å². The molecule has 0 fully saturated rings. The van der Waals surface area contributed by atoms with E-state index in [1.807, 2.05) is 25.1 Å². The van der Waals surface area contributed by atoms with Gasteiger partial charge in [0, 0.05) is 22.2 Å². The van der Waals surface area contributed by atoms with Crippen LogP contribution in [0.1, 0.15) is 22.2 Å². The van der Waals surface area contributed by atoms with Crippen molar-refractivity contribution in [3.8, 4) is 0 Å². The number of thiophene rings is 1. The minimum absolute atomic E-state index is 0.158. The fourth-order valence-corrected chi connectivity index (χ4v) is 4.02. The van der Waals surface area contributed by atoms with E-state index in [2.05, 4.69) is 5.32 Å². The summed E-state index contributed by atoms with van der Waals surface area (Å²) in [7, 11) is 0. The Labute approximate surface area is 157 Å². The third-order valence-electron chi connectivity index (χ3n) is 3.72. The molecule has 0 aliphatic heterocycles. The van der Waals surface area contributed by atoms with Crippen LogP contribution in [0.15, 0.2) is 36.4 Å². The van der Waals surface area contributed by atoms with Crippen LogP contribution in [-0.2, 0) is 6.42 Å². The van der Waals surface area contributed by atoms with Crippen molar-refractivity contribution in [2.45, 2.75) is 13.3 Å². The van der Waals surface area contributed by atoms with Gasteiger partial charge >= 0.3 is 0 Å². The second-order valence-electron chi connectivity index (χ2n) is 5.30. The summed E-state index contributed by atoms with van der Waals surface area (Å²) < 4.78 is 0.916. The van der Waals surface area contributed by atoms with Crippen molar-refractivity contribution < 1.29 is 9.72 Å². The molecule has 0 aliphatic carbocycles. The Kier molecular flexibility index (Phi) is 4.94. The van der Waals surface area contributed by atoms with E-state index >= 15 is 0 Å². The molecule has 0 saturated carbocycles. The van der Waals surface area contributed by atoms with Gasteiger partial charge in [0.1, 0.15) is 4.88 Å². The summed E-state index contributed by atoms with van der Waals surface area (Å²) in [6.07, 6.45) is 0.885. The topological polar surface area (TPSA) is 72.2 Å². The maximum atomic E-state index is 12.6. The van der Waals surface area contributed by atoms with Crippen LogP contribution in [0, 0.1) is 10.1 Å². The summed E-state index contributed by atoms with van der Waals surface area (Å²) in [5.74, 6) is -0.452. The number of halogens is 2. The lowest BCUT2D eigenvalue weighted by Crippen LogP contribution is -2.11. The molecule has 0 bridgehead atoms. The molecule has 8 heteroatoms. The molecule has 1 heterocycles. The molecule has 2 aromatic carbocycles. The van der Waals surface area contributed by atoms with Crippen molar-refractivity contribution in [2.75, 3.05) is 5.32 Å². The first-order chi connectivity index (χ1) is 11.9. The van der Waals surface area contributed by atoms with E-state index in [1.165, 1.54) is 29.5 Å². The van der Waals surface area contributed by atoms with Crippen molar-refractivity contribution >= 4 is 61.9 Å². The van der Waals surface area contributed by atoms with E-state index in [4.69, 9.17) is 23.2 Å². The van der Waals surface area contributed by atoms with Crippen LogP contribution in [0.5, 0.6) is 0 Å². The fourth-order valence-electron chi connectivity index (χ4n) is 2.38. The van der Waals surface area contributed by atoms with Crippen LogP contribution >= 0.6 is 34.5 Å². The average Bonchev–Trinajstić information content (AvgIpc) is 2.92. The number of nitro groups is 1. The molecule has 0 unspecified atom stereocenters. The Morgan fingerprint density at radius 2 is 2.00 bits per heavy atom. The molecular formula is C17H12Cl2N2O3S. The van der Waals surface area contributed by atoms with Crippen molar-refractivity contribution in [3.05, 3.63) is 67.0 Å². The van der Waals surface area contributed by atoms with Gasteiger partial charge in [-0.15, -0.1) is 11.3 Å². The Hall–Kier alpha value is -2.15. The Bertz CT molecular complexity index is 1000. The summed E-state index contributed by atoms with van der Waals surface area (Å²) >= 11 is 13.6. The summed E-state index contributed by atoms with van der Waals surface area (Å²) in [5.41, 5.74) is 1.16. The number of hydrogen-bond donors (Lipinski definition) is 1. The predicted molar refractivity (Wildman–Crippen MR) is 102 cm³/mol. The van der Waals surface area contributed by atoms with Gasteiger partial charge in [0.2, 0.25) is 0 Å². The van der Waals surface area contributed by atoms with Gasteiger partial charge in [0.25, 0.3) is 11.6 Å². The second-order valence-corrected chi connectivity index (χ2v) is 7.14. The number of anilines is 1. The molecule has 0 atom stereocenters. The summed E-state index contributed by atoms with van der Waals surface area (Å²) in [6, 6.07) is 9.73. The number of aryl methyl sites for hydroxylation is 1. The molecule has 0 aliphatic rings. The molecule has 25 heavy (non-hydrogen) atoms. The smallest absolute Gasteiger partial charge is 0.271 e. The Morgan fingerprint density at radius 3 is 2.68 bits per heavy atom.